The van der Waals surface area contributed by atoms with E-state index >= 15 is 0 Å². The van der Waals surface area contributed by atoms with E-state index in [9.17, 15) is 9.90 Å². The molecule has 0 bridgehead atoms. The second-order valence-electron chi connectivity index (χ2n) is 8.01. The molecule has 0 spiro atoms. The molecule has 2 aromatic heterocycles. The summed E-state index contributed by atoms with van der Waals surface area (Å²) in [4.78, 5) is 22.5. The number of ether oxygens (including phenoxy) is 2. The number of aliphatic hydroxyl groups excluding tert-OH is 1. The molecular formula is C26H26N4O5S. The van der Waals surface area contributed by atoms with E-state index in [0.717, 1.165) is 11.1 Å². The summed E-state index contributed by atoms with van der Waals surface area (Å²) >= 11 is 1.20. The predicted molar refractivity (Wildman–Crippen MR) is 137 cm³/mol. The van der Waals surface area contributed by atoms with Gasteiger partial charge in [-0.15, -0.1) is 0 Å². The summed E-state index contributed by atoms with van der Waals surface area (Å²) in [5, 5.41) is 24.1. The lowest BCUT2D eigenvalue weighted by molar-refractivity contribution is 0.0968. The van der Waals surface area contributed by atoms with Crippen LogP contribution in [0.5, 0.6) is 17.4 Å². The minimum Gasteiger partial charge on any atom is -0.508 e. The van der Waals surface area contributed by atoms with E-state index in [-0.39, 0.29) is 24.7 Å². The Kier molecular flexibility index (Phi) is 8.09. The van der Waals surface area contributed by atoms with Crippen LogP contribution < -0.4 is 14.8 Å². The van der Waals surface area contributed by atoms with Crippen molar-refractivity contribution in [3.8, 4) is 28.6 Å². The molecule has 0 fully saturated rings. The minimum absolute atomic E-state index is 0.00533. The topological polar surface area (TPSA) is 127 Å². The zero-order valence-corrected chi connectivity index (χ0v) is 20.7. The average Bonchev–Trinajstić information content (AvgIpc) is 3.37. The SMILES string of the molecule is COc1cnc(C(Nc2cc(O)cc(OCCCO)c2)C(=O)c2csnc2-c2ccc(C)cc2)cn1. The fourth-order valence-electron chi connectivity index (χ4n) is 3.51. The van der Waals surface area contributed by atoms with E-state index in [1.165, 1.54) is 43.2 Å². The van der Waals surface area contributed by atoms with Crippen molar-refractivity contribution in [3.63, 3.8) is 0 Å². The van der Waals surface area contributed by atoms with Gasteiger partial charge in [0.25, 0.3) is 0 Å². The number of carbonyl (C=O) groups excluding carboxylic acids is 1. The lowest BCUT2D eigenvalue weighted by Gasteiger charge is -2.19. The van der Waals surface area contributed by atoms with Crippen molar-refractivity contribution < 1.29 is 24.5 Å². The normalized spacial score (nSPS) is 11.6. The summed E-state index contributed by atoms with van der Waals surface area (Å²) in [6.07, 6.45) is 3.37. The average molecular weight is 507 g/mol. The maximum absolute atomic E-state index is 13.9. The van der Waals surface area contributed by atoms with Crippen LogP contribution in [0.2, 0.25) is 0 Å². The predicted octanol–water partition coefficient (Wildman–Crippen LogP) is 4.42. The van der Waals surface area contributed by atoms with Gasteiger partial charge in [-0.05, 0) is 18.5 Å². The van der Waals surface area contributed by atoms with Crippen LogP contribution in [0.4, 0.5) is 5.69 Å². The van der Waals surface area contributed by atoms with Gasteiger partial charge in [0, 0.05) is 47.9 Å². The Morgan fingerprint density at radius 3 is 2.64 bits per heavy atom. The summed E-state index contributed by atoms with van der Waals surface area (Å²) in [6, 6.07) is 11.5. The van der Waals surface area contributed by atoms with Crippen LogP contribution in [0.25, 0.3) is 11.3 Å². The first-order chi connectivity index (χ1) is 17.5. The summed E-state index contributed by atoms with van der Waals surface area (Å²) in [5.74, 6) is 0.420. The van der Waals surface area contributed by atoms with Gasteiger partial charge in [-0.2, -0.15) is 4.37 Å². The number of aromatic nitrogens is 3. The molecule has 1 atom stereocenters. The Morgan fingerprint density at radius 1 is 1.14 bits per heavy atom. The molecule has 0 aliphatic rings. The lowest BCUT2D eigenvalue weighted by atomic mass is 9.98. The maximum Gasteiger partial charge on any atom is 0.231 e. The molecule has 2 heterocycles. The van der Waals surface area contributed by atoms with Gasteiger partial charge in [0.2, 0.25) is 5.88 Å². The molecule has 186 valence electrons. The number of phenolic OH excluding ortho intramolecular Hbond substituents is 1. The Balaban J connectivity index is 1.70. The molecule has 4 rings (SSSR count). The van der Waals surface area contributed by atoms with Crippen LogP contribution in [0, 0.1) is 6.92 Å². The van der Waals surface area contributed by atoms with Crippen molar-refractivity contribution in [2.75, 3.05) is 25.6 Å². The Bertz CT molecular complexity index is 1310. The first-order valence-corrected chi connectivity index (χ1v) is 12.1. The van der Waals surface area contributed by atoms with Gasteiger partial charge in [0.05, 0.1) is 43.1 Å². The molecule has 36 heavy (non-hydrogen) atoms. The highest BCUT2D eigenvalue weighted by molar-refractivity contribution is 7.04. The zero-order valence-electron chi connectivity index (χ0n) is 19.8. The number of anilines is 1. The number of carbonyl (C=O) groups is 1. The van der Waals surface area contributed by atoms with Crippen molar-refractivity contribution in [1.82, 2.24) is 14.3 Å². The molecule has 0 aliphatic heterocycles. The molecule has 0 amide bonds. The minimum atomic E-state index is -0.934. The summed E-state index contributed by atoms with van der Waals surface area (Å²) < 4.78 is 15.2. The van der Waals surface area contributed by atoms with Crippen LogP contribution in [0.1, 0.15) is 34.1 Å². The number of hydrogen-bond acceptors (Lipinski definition) is 10. The molecule has 0 saturated heterocycles. The molecule has 0 saturated carbocycles. The van der Waals surface area contributed by atoms with Crippen LogP contribution in [0.3, 0.4) is 0 Å². The fraction of sp³-hybridized carbons (Fsp3) is 0.231. The van der Waals surface area contributed by atoms with Crippen molar-refractivity contribution in [2.24, 2.45) is 0 Å². The molecule has 2 aromatic carbocycles. The van der Waals surface area contributed by atoms with Gasteiger partial charge in [-0.1, -0.05) is 29.8 Å². The first-order valence-electron chi connectivity index (χ1n) is 11.2. The number of nitrogens with zero attached hydrogens (tertiary/aromatic N) is 3. The van der Waals surface area contributed by atoms with E-state index in [4.69, 9.17) is 14.6 Å². The standard InChI is InChI=1S/C26H26N4O5S/c1-16-4-6-17(7-5-16)24-21(15-36-30-24)26(33)25(22-13-28-23(34-2)14-27-22)29-18-10-19(32)12-20(11-18)35-9-3-8-31/h4-7,10-15,25,29,31-32H,3,8-9H2,1-2H3. The molecule has 1 unspecified atom stereocenters. The monoisotopic (exact) mass is 506 g/mol. The van der Waals surface area contributed by atoms with Crippen LogP contribution in [0.15, 0.2) is 60.2 Å². The van der Waals surface area contributed by atoms with E-state index in [0.29, 0.717) is 40.7 Å². The number of aryl methyl sites for hydroxylation is 1. The smallest absolute Gasteiger partial charge is 0.231 e. The number of aromatic hydroxyl groups is 1. The molecule has 0 radical (unpaired) electrons. The van der Waals surface area contributed by atoms with Crippen LogP contribution >= 0.6 is 11.5 Å². The highest BCUT2D eigenvalue weighted by Gasteiger charge is 2.28. The highest BCUT2D eigenvalue weighted by atomic mass is 32.1. The van der Waals surface area contributed by atoms with E-state index < -0.39 is 6.04 Å². The van der Waals surface area contributed by atoms with E-state index in [1.807, 2.05) is 31.2 Å². The van der Waals surface area contributed by atoms with Gasteiger partial charge < -0.3 is 25.0 Å². The fourth-order valence-corrected chi connectivity index (χ4v) is 4.21. The van der Waals surface area contributed by atoms with Crippen LogP contribution in [-0.4, -0.2) is 50.7 Å². The number of nitrogens with one attached hydrogen (secondary N) is 1. The molecule has 9 nitrogen and oxygen atoms in total. The Labute approximate surface area is 212 Å². The van der Waals surface area contributed by atoms with Gasteiger partial charge in [0.1, 0.15) is 17.5 Å². The molecule has 0 aliphatic carbocycles. The second-order valence-corrected chi connectivity index (χ2v) is 8.64. The zero-order chi connectivity index (χ0) is 25.5. The molecule has 3 N–H and O–H groups in total. The van der Waals surface area contributed by atoms with Gasteiger partial charge in [-0.25, -0.2) is 4.98 Å². The van der Waals surface area contributed by atoms with Gasteiger partial charge >= 0.3 is 0 Å². The molecule has 4 aromatic rings. The number of aliphatic hydroxyl groups is 1. The van der Waals surface area contributed by atoms with Crippen molar-refractivity contribution in [3.05, 3.63) is 77.1 Å². The van der Waals surface area contributed by atoms with Crippen molar-refractivity contribution >= 4 is 23.0 Å². The third kappa shape index (κ3) is 5.96. The van der Waals surface area contributed by atoms with E-state index in [1.54, 1.807) is 11.4 Å². The summed E-state index contributed by atoms with van der Waals surface area (Å²) in [5.41, 5.74) is 3.79. The quantitative estimate of drug-likeness (QED) is 0.200. The third-order valence-corrected chi connectivity index (χ3v) is 5.98. The highest BCUT2D eigenvalue weighted by Crippen LogP contribution is 2.32. The van der Waals surface area contributed by atoms with Gasteiger partial charge in [0.15, 0.2) is 5.78 Å². The number of benzene rings is 2. The summed E-state index contributed by atoms with van der Waals surface area (Å²) in [7, 11) is 1.49. The maximum atomic E-state index is 13.9. The number of methoxy groups -OCH3 is 1. The Hall–Kier alpha value is -4.02. The van der Waals surface area contributed by atoms with Crippen molar-refractivity contribution in [1.29, 1.82) is 0 Å². The Morgan fingerprint density at radius 2 is 1.94 bits per heavy atom. The third-order valence-electron chi connectivity index (χ3n) is 5.35. The molecular weight excluding hydrogens is 480 g/mol. The number of Topliss-reactive ketones (excluding diaryl/α,β-unsaturated/α-hetero) is 1. The second kappa shape index (κ2) is 11.6. The van der Waals surface area contributed by atoms with Gasteiger partial charge in [-0.3, -0.25) is 9.78 Å². The number of rotatable bonds is 11. The number of ketones is 1. The number of phenols is 1. The summed E-state index contributed by atoms with van der Waals surface area (Å²) in [6.45, 7) is 2.27. The lowest BCUT2D eigenvalue weighted by Crippen LogP contribution is -2.23. The van der Waals surface area contributed by atoms with Crippen molar-refractivity contribution in [2.45, 2.75) is 19.4 Å². The van der Waals surface area contributed by atoms with Crippen LogP contribution in [-0.2, 0) is 0 Å². The largest absolute Gasteiger partial charge is 0.508 e. The first kappa shape index (κ1) is 25.1. The number of hydrogen-bond donors (Lipinski definition) is 3. The molecule has 10 heteroatoms. The van der Waals surface area contributed by atoms with E-state index in [2.05, 4.69) is 19.7 Å².